The second-order valence-corrected chi connectivity index (χ2v) is 30.1. The second-order valence-electron chi connectivity index (χ2n) is 30.1. The van der Waals surface area contributed by atoms with Gasteiger partial charge in [-0.2, -0.15) is 0 Å². The molecule has 0 aliphatic rings. The zero-order valence-electron chi connectivity index (χ0n) is 72.7. The Labute approximate surface area is 749 Å². The number of amides is 7. The molecule has 0 aliphatic carbocycles. The summed E-state index contributed by atoms with van der Waals surface area (Å²) in [7, 11) is 9.92. The molecule has 0 atom stereocenters. The van der Waals surface area contributed by atoms with Crippen molar-refractivity contribution in [2.45, 2.75) is 84.6 Å². The maximum atomic E-state index is 12.2. The fraction of sp³-hybridized carbons (Fsp3) is 0.196. The average molecular weight is 1760 g/mol. The zero-order chi connectivity index (χ0) is 92.3. The van der Waals surface area contributed by atoms with E-state index in [4.69, 9.17) is 36.0 Å². The molecule has 0 radical (unpaired) electrons. The molecule has 7 amide bonds. The Morgan fingerprint density at radius 3 is 1.08 bits per heavy atom. The van der Waals surface area contributed by atoms with Gasteiger partial charge in [0.2, 0.25) is 0 Å². The van der Waals surface area contributed by atoms with Crippen LogP contribution in [0.5, 0.6) is 0 Å². The van der Waals surface area contributed by atoms with Crippen molar-refractivity contribution in [3.05, 3.63) is 335 Å². The number of hydrogen-bond donors (Lipinski definition) is 12. The van der Waals surface area contributed by atoms with Gasteiger partial charge in [0.05, 0.1) is 74.6 Å². The zero-order valence-corrected chi connectivity index (χ0v) is 72.7. The van der Waals surface area contributed by atoms with E-state index in [0.717, 1.165) is 177 Å². The first kappa shape index (κ1) is 94.9. The maximum Gasteiger partial charge on any atom is 0.267 e. The third kappa shape index (κ3) is 27.6. The molecule has 7 aromatic heterocycles. The third-order valence-electron chi connectivity index (χ3n) is 20.9. The molecule has 0 bridgehead atoms. The topological polar surface area (TPSA) is 428 Å². The van der Waals surface area contributed by atoms with Gasteiger partial charge in [-0.15, -0.1) is 0 Å². The van der Waals surface area contributed by atoms with Crippen molar-refractivity contribution in [1.29, 1.82) is 0 Å². The van der Waals surface area contributed by atoms with Crippen LogP contribution < -0.4 is 38.0 Å². The third-order valence-corrected chi connectivity index (χ3v) is 20.9. The van der Waals surface area contributed by atoms with Crippen LogP contribution in [0.25, 0.3) is 85.5 Å². The molecular formula is C97H103N21O12. The molecule has 8 aromatic carbocycles. The van der Waals surface area contributed by atoms with Crippen LogP contribution in [0.3, 0.4) is 0 Å². The number of hydroxylamine groups is 5. The van der Waals surface area contributed by atoms with E-state index in [1.165, 1.54) is 47.0 Å². The van der Waals surface area contributed by atoms with Gasteiger partial charge >= 0.3 is 0 Å². The van der Waals surface area contributed by atoms with Crippen molar-refractivity contribution in [2.24, 2.45) is 21.1 Å². The Balaban J connectivity index is 0.000000159. The molecule has 130 heavy (non-hydrogen) atoms. The van der Waals surface area contributed by atoms with Gasteiger partial charge in [0.15, 0.2) is 0 Å². The Hall–Kier alpha value is -15.8. The first-order valence-electron chi connectivity index (χ1n) is 41.7. The van der Waals surface area contributed by atoms with Crippen molar-refractivity contribution in [3.63, 3.8) is 0 Å². The molecule has 0 fully saturated rings. The fourth-order valence-electron chi connectivity index (χ4n) is 14.0. The number of hydrogen-bond acceptors (Lipinski definition) is 20. The van der Waals surface area contributed by atoms with Crippen LogP contribution in [-0.4, -0.2) is 155 Å². The summed E-state index contributed by atoms with van der Waals surface area (Å²) < 4.78 is 12.5. The molecule has 15 aromatic rings. The van der Waals surface area contributed by atoms with E-state index in [2.05, 4.69) is 123 Å². The van der Waals surface area contributed by atoms with Crippen LogP contribution in [0, 0.1) is 6.92 Å². The summed E-state index contributed by atoms with van der Waals surface area (Å²) in [5, 5.41) is 48.4. The minimum Gasteiger partial charge on any atom is -0.345 e. The van der Waals surface area contributed by atoms with E-state index < -0.39 is 29.5 Å². The van der Waals surface area contributed by atoms with E-state index in [1.807, 2.05) is 170 Å². The van der Waals surface area contributed by atoms with Crippen molar-refractivity contribution >= 4 is 127 Å². The predicted octanol–water partition coefficient (Wildman–Crippen LogP) is 12.1. The van der Waals surface area contributed by atoms with Gasteiger partial charge in [0.25, 0.3) is 41.4 Å². The van der Waals surface area contributed by atoms with Crippen molar-refractivity contribution in [1.82, 2.24) is 105 Å². The monoisotopic (exact) mass is 1750 g/mol. The molecule has 15 rings (SSSR count). The van der Waals surface area contributed by atoms with Gasteiger partial charge in [0, 0.05) is 120 Å². The predicted molar refractivity (Wildman–Crippen MR) is 497 cm³/mol. The van der Waals surface area contributed by atoms with Gasteiger partial charge in [-0.3, -0.25) is 64.6 Å². The van der Waals surface area contributed by atoms with Gasteiger partial charge in [-0.05, 0) is 214 Å². The summed E-state index contributed by atoms with van der Waals surface area (Å²) in [6.07, 6.45) is 30.0. The number of imidazole rings is 6. The number of rotatable bonds is 31. The quantitative estimate of drug-likeness (QED) is 0.00831. The number of aromatic nitrogens is 13. The largest absolute Gasteiger partial charge is 0.345 e. The lowest BCUT2D eigenvalue weighted by molar-refractivity contribution is -0.124. The van der Waals surface area contributed by atoms with E-state index in [-0.39, 0.29) is 18.4 Å². The number of unbranched alkanes of at least 4 members (excludes halogenated alkanes) is 1. The Bertz CT molecular complexity index is 6350. The van der Waals surface area contributed by atoms with Gasteiger partial charge < -0.3 is 42.9 Å². The summed E-state index contributed by atoms with van der Waals surface area (Å²) in [5.41, 5.74) is 25.0. The summed E-state index contributed by atoms with van der Waals surface area (Å²) in [5.74, 6) is 1.28. The highest BCUT2D eigenvalue weighted by molar-refractivity contribution is 5.97. The molecule has 33 heteroatoms. The lowest BCUT2D eigenvalue weighted by Gasteiger charge is -2.12. The van der Waals surface area contributed by atoms with E-state index in [0.29, 0.717) is 23.5 Å². The normalized spacial score (nSPS) is 11.3. The van der Waals surface area contributed by atoms with Crippen molar-refractivity contribution in [2.75, 3.05) is 20.6 Å². The van der Waals surface area contributed by atoms with Gasteiger partial charge in [-0.1, -0.05) is 109 Å². The molecule has 0 saturated carbocycles. The smallest absolute Gasteiger partial charge is 0.267 e. The highest BCUT2D eigenvalue weighted by atomic mass is 16.5. The number of aryl methyl sites for hydroxylation is 11. The van der Waals surface area contributed by atoms with Crippen LogP contribution in [0.2, 0.25) is 0 Å². The highest BCUT2D eigenvalue weighted by Crippen LogP contribution is 2.26. The SMILES string of the molecule is CN(C)CCCCn1c(CCc2ccccc2)nc2cc(/C=C/C(=O)NO)ccc21.Cc1nc2cc(/C=C/C(=O)NO)ccc2n1C.Cn1c(CNC(=O)c2ccccc2)nc2cc(/C=C/C(=O)NO)ccc21.Cn1c(CNC(=O)c2ccncc2)nc2cc(/C=C/C(=O)NO)ccc21.O=C(/C=C/c1ccc2c(c1)nc(CCc1ccccc1)n2CCCn1ccnc1)NO. The molecule has 7 heterocycles. The van der Waals surface area contributed by atoms with Crippen molar-refractivity contribution in [3.8, 4) is 0 Å². The minimum absolute atomic E-state index is 0.156. The molecule has 0 spiro atoms. The molecule has 0 saturated heterocycles. The number of carbonyl (C=O) groups excluding carboxylic acids is 7. The van der Waals surface area contributed by atoms with E-state index >= 15 is 0 Å². The number of nitrogens with one attached hydrogen (secondary N) is 7. The molecule has 0 unspecified atom stereocenters. The summed E-state index contributed by atoms with van der Waals surface area (Å²) in [4.78, 5) is 113. The summed E-state index contributed by atoms with van der Waals surface area (Å²) in [6, 6.07) is 62.0. The molecular weight excluding hydrogens is 1650 g/mol. The Morgan fingerprint density at radius 1 is 0.362 bits per heavy atom. The van der Waals surface area contributed by atoms with Crippen LogP contribution in [-0.2, 0) is 104 Å². The van der Waals surface area contributed by atoms with Crippen molar-refractivity contribution < 1.29 is 59.6 Å². The number of benzene rings is 8. The van der Waals surface area contributed by atoms with E-state index in [9.17, 15) is 33.6 Å². The number of carbonyl (C=O) groups is 7. The van der Waals surface area contributed by atoms with Crippen LogP contribution in [0.4, 0.5) is 0 Å². The van der Waals surface area contributed by atoms with Crippen LogP contribution in [0.15, 0.2) is 256 Å². The van der Waals surface area contributed by atoms with Gasteiger partial charge in [0.1, 0.15) is 29.1 Å². The van der Waals surface area contributed by atoms with Gasteiger partial charge in [-0.25, -0.2) is 57.3 Å². The number of pyridine rings is 1. The summed E-state index contributed by atoms with van der Waals surface area (Å²) >= 11 is 0. The summed E-state index contributed by atoms with van der Waals surface area (Å²) in [6.45, 7) is 6.30. The molecule has 0 aliphatic heterocycles. The van der Waals surface area contributed by atoms with Crippen LogP contribution in [0.1, 0.15) is 108 Å². The Morgan fingerprint density at radius 2 is 0.708 bits per heavy atom. The highest BCUT2D eigenvalue weighted by Gasteiger charge is 2.18. The second kappa shape index (κ2) is 48.1. The Kier molecular flexibility index (Phi) is 35.1. The maximum absolute atomic E-state index is 12.2. The molecule has 33 nitrogen and oxygen atoms in total. The first-order chi connectivity index (χ1) is 63.1. The minimum atomic E-state index is -0.606. The molecule has 668 valence electrons. The number of nitrogens with zero attached hydrogens (tertiary/aromatic N) is 14. The number of fused-ring (bicyclic) bond motifs is 5. The first-order valence-corrected chi connectivity index (χ1v) is 41.7. The standard InChI is InChI=1S/C24H25N5O2.C24H30N4O2.C19H18N4O3.C18H17N5O3.C12H13N3O2/c30-24(27-31)12-9-20-7-10-22-21(17-20)26-23(11-8-19-5-2-1-3-6-19)29(22)15-4-14-28-16-13-25-18-28;1-27(2)16-6-7-17-28-22-13-10-20(12-15-24(29)26-30)18-21(22)25-23(28)14-11-19-8-4-3-5-9-19;1-23-16-9-7-13(8-10-18(24)22-26)11-15(16)21-17(23)12-20-19(25)14-5-3-2-4-6-14;1-23-15-4-2-12(3-5-17(24)22-26)10-14(15)21-16(23)11-20-18(25)13-6-8-19-9-7-13;1-8-13-10-7-9(4-6-12(16)14-17)3-5-11(10)15(8)2/h1-3,5-7,9-10,12-13,16-18,31H,4,8,11,14-15H2,(H,27,30);3-5,8-10,12-13,15,18,30H,6-7,11,14,16-17H2,1-2H3,(H,26,29);2-11,26H,12H2,1H3,(H,20,25)(H,22,24);2-10,26H,11H2,1H3,(H,20,25)(H,22,24);3-7,17H,1-2H3,(H,14,16)/b12-9+;15-12+;10-8+;5-3+;6-4+. The van der Waals surface area contributed by atoms with Crippen LogP contribution >= 0.6 is 0 Å². The fourth-order valence-corrected chi connectivity index (χ4v) is 14.0. The molecule has 12 N–H and O–H groups in total. The van der Waals surface area contributed by atoms with E-state index in [1.54, 1.807) is 95.2 Å². The lowest BCUT2D eigenvalue weighted by atomic mass is 10.1. The lowest BCUT2D eigenvalue weighted by Crippen LogP contribution is -2.24. The average Bonchev–Trinajstić information content (AvgIpc) is 1.69.